The van der Waals surface area contributed by atoms with Gasteiger partial charge in [0.1, 0.15) is 22.5 Å². The van der Waals surface area contributed by atoms with Gasteiger partial charge in [-0.1, -0.05) is 65.4 Å². The van der Waals surface area contributed by atoms with Gasteiger partial charge < -0.3 is 34.6 Å². The Hall–Kier alpha value is -15.0. The summed E-state index contributed by atoms with van der Waals surface area (Å²) in [6, 6.07) is 13.2. The summed E-state index contributed by atoms with van der Waals surface area (Å²) >= 11 is 12.4. The molecule has 3 N–H and O–H groups in total. The Morgan fingerprint density at radius 1 is 0.525 bits per heavy atom. The number of amides is 1. The third-order valence-electron chi connectivity index (χ3n) is 11.1. The van der Waals surface area contributed by atoms with Gasteiger partial charge >= 0.3 is 6.09 Å². The van der Waals surface area contributed by atoms with E-state index in [0.29, 0.717) is 105 Å². The van der Waals surface area contributed by atoms with E-state index < -0.39 is 11.7 Å². The number of nitrogens with zero attached hydrogens (tertiary/aromatic N) is 7. The van der Waals surface area contributed by atoms with Crippen molar-refractivity contribution in [1.82, 2.24) is 35.2 Å². The highest BCUT2D eigenvalue weighted by molar-refractivity contribution is 6.34. The van der Waals surface area contributed by atoms with E-state index in [1.807, 2.05) is 62.1 Å². The van der Waals surface area contributed by atoms with E-state index >= 15 is 0 Å². The van der Waals surface area contributed by atoms with Crippen LogP contribution in [0.15, 0.2) is 59.7 Å². The van der Waals surface area contributed by atoms with E-state index in [1.165, 1.54) is 6.20 Å². The highest BCUT2D eigenvalue weighted by atomic mass is 35.5. The summed E-state index contributed by atoms with van der Waals surface area (Å²) in [5, 5.41) is 8.19. The number of aromatic amines is 1. The molecule has 0 unspecified atom stereocenters. The Kier molecular flexibility index (Phi) is 38.6. The molecule has 0 radical (unpaired) electrons. The molecule has 4 aromatic heterocycles. The van der Waals surface area contributed by atoms with Crippen molar-refractivity contribution in [3.05, 3.63) is 81.1 Å². The molecule has 5 aromatic rings. The van der Waals surface area contributed by atoms with Crippen molar-refractivity contribution < 1.29 is 19.0 Å². The molecule has 2 aliphatic heterocycles. The SMILES string of the molecule is C#CC#CC#CC#CC#CC#CC#CC#CC#CC#CC#CC.C#CC#CC#CC#CC#CC#CC#CC#CC#CC#CC#CC#CC.CC(C)(C)OC(=O)N[C@H](CNc1nc(N2CCOCC2)nc2c(Cl)nccc12)Cc1ccccc1.O=c1[nH]c(N2CCOCC2)nc2c(Cl)nccc12. The van der Waals surface area contributed by atoms with Crippen molar-refractivity contribution >= 4 is 68.8 Å². The van der Waals surface area contributed by atoms with Crippen molar-refractivity contribution in [2.24, 2.45) is 0 Å². The van der Waals surface area contributed by atoms with Gasteiger partial charge in [-0.25, -0.2) is 24.7 Å². The molecule has 17 heteroatoms. The lowest BCUT2D eigenvalue weighted by Gasteiger charge is -2.28. The van der Waals surface area contributed by atoms with Crippen LogP contribution in [0.2, 0.25) is 10.3 Å². The van der Waals surface area contributed by atoms with Crippen molar-refractivity contribution in [3.8, 4) is 273 Å². The first-order valence-electron chi connectivity index (χ1n) is 29.4. The zero-order valence-corrected chi connectivity index (χ0v) is 56.4. The quantitative estimate of drug-likeness (QED) is 0.118. The summed E-state index contributed by atoms with van der Waals surface area (Å²) in [6.07, 6.45) is 13.1. The van der Waals surface area contributed by atoms with Gasteiger partial charge in [0.2, 0.25) is 11.9 Å². The Balaban J connectivity index is 0.000000294. The van der Waals surface area contributed by atoms with Crippen LogP contribution in [0.4, 0.5) is 22.5 Å². The number of benzene rings is 1. The lowest BCUT2D eigenvalue weighted by Crippen LogP contribution is -2.44. The number of carbonyl (C=O) groups is 1. The molecule has 15 nitrogen and oxygen atoms in total. The number of fused-ring (bicyclic) bond motifs is 2. The molecule has 101 heavy (non-hydrogen) atoms. The number of rotatable bonds is 8. The number of alkyl carbamates (subject to hydrolysis) is 1. The minimum atomic E-state index is -0.589. The topological polar surface area (TPSA) is 173 Å². The van der Waals surface area contributed by atoms with Crippen LogP contribution in [0.3, 0.4) is 0 Å². The number of pyridine rings is 2. The van der Waals surface area contributed by atoms with Gasteiger partial charge in [-0.3, -0.25) is 9.78 Å². The minimum absolute atomic E-state index is 0.203. The summed E-state index contributed by atoms with van der Waals surface area (Å²) in [5.41, 5.74) is 1.32. The third-order valence-corrected chi connectivity index (χ3v) is 11.6. The molecule has 1 amide bonds. The van der Waals surface area contributed by atoms with Gasteiger partial charge in [0.15, 0.2) is 10.3 Å². The summed E-state index contributed by atoms with van der Waals surface area (Å²) in [5.74, 6) is 111. The molecule has 0 aliphatic carbocycles. The van der Waals surface area contributed by atoms with E-state index in [2.05, 4.69) is 301 Å². The van der Waals surface area contributed by atoms with E-state index in [1.54, 1.807) is 26.1 Å². The smallest absolute Gasteiger partial charge is 0.407 e. The minimum Gasteiger partial charge on any atom is -0.444 e. The maximum Gasteiger partial charge on any atom is 0.407 e. The number of ether oxygens (including phenoxy) is 3. The van der Waals surface area contributed by atoms with E-state index in [4.69, 9.17) is 55.2 Å². The number of halogens is 2. The molecule has 0 bridgehead atoms. The van der Waals surface area contributed by atoms with Crippen LogP contribution in [-0.2, 0) is 20.6 Å². The molecular weight excluding hydrogens is 1300 g/mol. The number of hydrogen-bond acceptors (Lipinski definition) is 13. The largest absolute Gasteiger partial charge is 0.444 e. The first-order chi connectivity index (χ1) is 49.4. The number of terminal acetylenes is 2. The molecule has 1 aromatic carbocycles. The van der Waals surface area contributed by atoms with Crippen LogP contribution in [0.25, 0.3) is 21.8 Å². The average molecular weight is 1350 g/mol. The second-order valence-electron chi connectivity index (χ2n) is 19.2. The molecule has 1 atom stereocenters. The standard InChI is InChI=1S/C25H31ClN6O3.C25H4.C23H4.C11H11ClN4O2/c1-25(2,3)35-24(33)29-18(15-17-7-5-4-6-8-17)16-28-22-19-9-10-27-21(26)20(19)30-23(31-22)32-11-13-34-14-12-32;1-3-5-7-9-11-13-15-17-19-21-23-25-24-22-20-18-16-14-12-10-8-6-4-2;1-3-5-7-9-11-13-15-17-19-21-23-22-20-18-16-14-12-10-8-6-4-2;12-9-8-7(1-2-13-9)10(17)15-11(14-8)16-3-5-18-6-4-16/h4-10,18H,11-16H2,1-3H3,(H,29,33)(H,28,30,31);1H,2H3;1H,2H3;1-2H,3-6H2,(H,14,15,17)/t18-;;;/m0.../s1. The van der Waals surface area contributed by atoms with Gasteiger partial charge in [-0.05, 0) is 248 Å². The molecular formula is C84H50Cl2N10O5. The van der Waals surface area contributed by atoms with Crippen LogP contribution in [0, 0.1) is 273 Å². The molecule has 2 saturated heterocycles. The van der Waals surface area contributed by atoms with Crippen LogP contribution in [-0.4, -0.2) is 107 Å². The Labute approximate surface area is 600 Å². The number of morpholine rings is 2. The zero-order chi connectivity index (χ0) is 72.5. The van der Waals surface area contributed by atoms with Crippen molar-refractivity contribution in [2.75, 3.05) is 74.3 Å². The Bertz CT molecular complexity index is 5530. The van der Waals surface area contributed by atoms with E-state index in [0.717, 1.165) is 10.9 Å². The fraction of sp³-hybridized carbons (Fsp3) is 0.202. The second kappa shape index (κ2) is 49.6. The van der Waals surface area contributed by atoms with E-state index in [9.17, 15) is 9.59 Å². The lowest BCUT2D eigenvalue weighted by molar-refractivity contribution is 0.0507. The number of anilines is 3. The van der Waals surface area contributed by atoms with Crippen LogP contribution >= 0.6 is 23.2 Å². The summed E-state index contributed by atoms with van der Waals surface area (Å²) < 4.78 is 16.2. The maximum absolute atomic E-state index is 12.6. The molecule has 6 heterocycles. The highest BCUT2D eigenvalue weighted by Gasteiger charge is 2.23. The predicted molar refractivity (Wildman–Crippen MR) is 398 cm³/mol. The van der Waals surface area contributed by atoms with Crippen LogP contribution in [0.1, 0.15) is 40.2 Å². The van der Waals surface area contributed by atoms with Crippen LogP contribution in [0.5, 0.6) is 0 Å². The van der Waals surface area contributed by atoms with Crippen molar-refractivity contribution in [2.45, 2.75) is 52.7 Å². The first-order valence-corrected chi connectivity index (χ1v) is 30.2. The molecule has 480 valence electrons. The van der Waals surface area contributed by atoms with Crippen molar-refractivity contribution in [3.63, 3.8) is 0 Å². The van der Waals surface area contributed by atoms with Gasteiger partial charge in [-0.2, -0.15) is 4.98 Å². The normalized spacial score (nSPS) is 9.91. The Morgan fingerprint density at radius 3 is 1.28 bits per heavy atom. The maximum atomic E-state index is 12.6. The van der Waals surface area contributed by atoms with Crippen molar-refractivity contribution in [1.29, 1.82) is 0 Å². The Morgan fingerprint density at radius 2 is 0.891 bits per heavy atom. The number of aromatic nitrogens is 6. The monoisotopic (exact) mass is 1350 g/mol. The third kappa shape index (κ3) is 35.2. The summed E-state index contributed by atoms with van der Waals surface area (Å²) in [4.78, 5) is 53.3. The molecule has 0 saturated carbocycles. The fourth-order valence-electron chi connectivity index (χ4n) is 7.09. The number of carbonyl (C=O) groups excluding carboxylic acids is 1. The second-order valence-corrected chi connectivity index (χ2v) is 19.9. The van der Waals surface area contributed by atoms with Gasteiger partial charge in [0.25, 0.3) is 5.56 Å². The predicted octanol–water partition coefficient (Wildman–Crippen LogP) is 6.22. The molecule has 0 spiro atoms. The highest BCUT2D eigenvalue weighted by Crippen LogP contribution is 2.28. The average Bonchev–Trinajstić information content (AvgIpc) is 0.773. The van der Waals surface area contributed by atoms with Gasteiger partial charge in [0, 0.05) is 110 Å². The lowest BCUT2D eigenvalue weighted by atomic mass is 10.1. The molecule has 2 aliphatic rings. The number of H-pyrrole nitrogens is 1. The summed E-state index contributed by atoms with van der Waals surface area (Å²) in [7, 11) is 0. The summed E-state index contributed by atoms with van der Waals surface area (Å²) in [6.45, 7) is 14.6. The molecule has 7 rings (SSSR count). The fourth-order valence-corrected chi connectivity index (χ4v) is 7.49. The van der Waals surface area contributed by atoms with Gasteiger partial charge in [0.05, 0.1) is 37.9 Å². The van der Waals surface area contributed by atoms with Crippen LogP contribution < -0.4 is 26.0 Å². The van der Waals surface area contributed by atoms with E-state index in [-0.39, 0.29) is 16.8 Å². The number of nitrogens with one attached hydrogen (secondary N) is 3. The molecule has 2 fully saturated rings. The number of hydrogen-bond donors (Lipinski definition) is 3. The zero-order valence-electron chi connectivity index (χ0n) is 54.9. The van der Waals surface area contributed by atoms with Gasteiger partial charge in [-0.15, -0.1) is 12.8 Å². The first kappa shape index (κ1) is 78.5.